The Morgan fingerprint density at radius 3 is 2.62 bits per heavy atom. The number of carbonyl (C=O) groups is 1. The molecule has 0 spiro atoms. The lowest BCUT2D eigenvalue weighted by Gasteiger charge is -2.13. The molecule has 1 unspecified atom stereocenters. The number of carboxylic acids is 1. The summed E-state index contributed by atoms with van der Waals surface area (Å²) in [5.41, 5.74) is 8.89. The fraction of sp³-hybridized carbons (Fsp3) is 0.417. The Morgan fingerprint density at radius 1 is 1.50 bits per heavy atom. The summed E-state index contributed by atoms with van der Waals surface area (Å²) in [6, 6.07) is 3.31. The molecule has 3 nitrogen and oxygen atoms in total. The van der Waals surface area contributed by atoms with Crippen molar-refractivity contribution in [1.29, 1.82) is 0 Å². The predicted octanol–water partition coefficient (Wildman–Crippen LogP) is 1.98. The van der Waals surface area contributed by atoms with Gasteiger partial charge in [0.25, 0.3) is 0 Å². The van der Waals surface area contributed by atoms with Crippen LogP contribution in [0.1, 0.15) is 16.7 Å². The van der Waals surface area contributed by atoms with Gasteiger partial charge in [-0.3, -0.25) is 4.79 Å². The lowest BCUT2D eigenvalue weighted by Crippen LogP contribution is -2.32. The molecule has 0 aliphatic rings. The van der Waals surface area contributed by atoms with Crippen LogP contribution < -0.4 is 5.73 Å². The standard InChI is InChI=1S/C12H17NO2S/c1-7-4-10(16-3)5-9(8(7)2)6-11(13)12(14)15/h4-5,11H,6,13H2,1-3H3,(H,14,15). The Balaban J connectivity index is 3.03. The molecule has 3 N–H and O–H groups in total. The van der Waals surface area contributed by atoms with Crippen LogP contribution in [0.4, 0.5) is 0 Å². The van der Waals surface area contributed by atoms with Crippen LogP contribution in [0.3, 0.4) is 0 Å². The SMILES string of the molecule is CSc1cc(C)c(C)c(CC(N)C(=O)O)c1. The molecule has 0 aliphatic heterocycles. The summed E-state index contributed by atoms with van der Waals surface area (Å²) in [6.07, 6.45) is 2.39. The maximum Gasteiger partial charge on any atom is 0.320 e. The lowest BCUT2D eigenvalue weighted by molar-refractivity contribution is -0.138. The lowest BCUT2D eigenvalue weighted by atomic mass is 9.98. The van der Waals surface area contributed by atoms with Crippen LogP contribution in [0, 0.1) is 13.8 Å². The van der Waals surface area contributed by atoms with Gasteiger partial charge in [0.1, 0.15) is 6.04 Å². The van der Waals surface area contributed by atoms with Crippen molar-refractivity contribution in [3.05, 3.63) is 28.8 Å². The molecule has 0 aliphatic carbocycles. The minimum Gasteiger partial charge on any atom is -0.480 e. The van der Waals surface area contributed by atoms with E-state index in [1.54, 1.807) is 11.8 Å². The highest BCUT2D eigenvalue weighted by Crippen LogP contribution is 2.23. The normalized spacial score (nSPS) is 12.5. The van der Waals surface area contributed by atoms with E-state index in [-0.39, 0.29) is 0 Å². The van der Waals surface area contributed by atoms with Gasteiger partial charge in [-0.2, -0.15) is 0 Å². The number of rotatable bonds is 4. The molecule has 0 heterocycles. The van der Waals surface area contributed by atoms with Crippen molar-refractivity contribution in [1.82, 2.24) is 0 Å². The molecule has 1 rings (SSSR count). The third kappa shape index (κ3) is 3.00. The van der Waals surface area contributed by atoms with Crippen molar-refractivity contribution in [3.63, 3.8) is 0 Å². The maximum absolute atomic E-state index is 10.7. The van der Waals surface area contributed by atoms with E-state index in [2.05, 4.69) is 6.07 Å². The first-order valence-electron chi connectivity index (χ1n) is 5.08. The van der Waals surface area contributed by atoms with E-state index < -0.39 is 12.0 Å². The highest BCUT2D eigenvalue weighted by Gasteiger charge is 2.14. The minimum absolute atomic E-state index is 0.385. The summed E-state index contributed by atoms with van der Waals surface area (Å²) in [4.78, 5) is 11.9. The number of carboxylic acid groups (broad SMARTS) is 1. The Bertz CT molecular complexity index is 404. The van der Waals surface area contributed by atoms with Crippen LogP contribution in [-0.2, 0) is 11.2 Å². The van der Waals surface area contributed by atoms with Crippen LogP contribution >= 0.6 is 11.8 Å². The zero-order valence-corrected chi connectivity index (χ0v) is 10.6. The second-order valence-electron chi connectivity index (χ2n) is 3.88. The van der Waals surface area contributed by atoms with Crippen LogP contribution in [0.25, 0.3) is 0 Å². The molecule has 0 radical (unpaired) electrons. The van der Waals surface area contributed by atoms with Gasteiger partial charge in [-0.1, -0.05) is 0 Å². The van der Waals surface area contributed by atoms with Crippen LogP contribution in [0.15, 0.2) is 17.0 Å². The third-order valence-corrected chi connectivity index (χ3v) is 3.45. The Kier molecular flexibility index (Phi) is 4.38. The van der Waals surface area contributed by atoms with Gasteiger partial charge in [0, 0.05) is 4.90 Å². The molecule has 0 saturated heterocycles. The summed E-state index contributed by atoms with van der Waals surface area (Å²) in [5, 5.41) is 8.80. The summed E-state index contributed by atoms with van der Waals surface area (Å²) in [7, 11) is 0. The number of aryl methyl sites for hydroxylation is 1. The van der Waals surface area contributed by atoms with E-state index in [1.807, 2.05) is 26.2 Å². The summed E-state index contributed by atoms with van der Waals surface area (Å²) >= 11 is 1.65. The van der Waals surface area contributed by atoms with E-state index in [9.17, 15) is 4.79 Å². The van der Waals surface area contributed by atoms with E-state index in [0.29, 0.717) is 6.42 Å². The smallest absolute Gasteiger partial charge is 0.320 e. The molecule has 4 heteroatoms. The summed E-state index contributed by atoms with van der Waals surface area (Å²) in [5.74, 6) is -0.952. The Morgan fingerprint density at radius 2 is 2.12 bits per heavy atom. The van der Waals surface area contributed by atoms with Crippen molar-refractivity contribution >= 4 is 17.7 Å². The predicted molar refractivity (Wildman–Crippen MR) is 67.0 cm³/mol. The Hall–Kier alpha value is -1.00. The molecular formula is C12H17NO2S. The van der Waals surface area contributed by atoms with Crippen molar-refractivity contribution in [2.45, 2.75) is 31.2 Å². The first-order valence-corrected chi connectivity index (χ1v) is 6.30. The monoisotopic (exact) mass is 239 g/mol. The van der Waals surface area contributed by atoms with Gasteiger partial charge >= 0.3 is 5.97 Å². The van der Waals surface area contributed by atoms with Gasteiger partial charge in [-0.15, -0.1) is 11.8 Å². The number of aliphatic carboxylic acids is 1. The molecule has 16 heavy (non-hydrogen) atoms. The van der Waals surface area contributed by atoms with Crippen LogP contribution in [-0.4, -0.2) is 23.4 Å². The number of hydrogen-bond acceptors (Lipinski definition) is 3. The number of nitrogens with two attached hydrogens (primary N) is 1. The van der Waals surface area contributed by atoms with E-state index in [0.717, 1.165) is 16.0 Å². The second-order valence-corrected chi connectivity index (χ2v) is 4.76. The molecule has 0 aromatic heterocycles. The highest BCUT2D eigenvalue weighted by molar-refractivity contribution is 7.98. The third-order valence-electron chi connectivity index (χ3n) is 2.74. The molecule has 0 bridgehead atoms. The quantitative estimate of drug-likeness (QED) is 0.789. The van der Waals surface area contributed by atoms with Gasteiger partial charge in [0.05, 0.1) is 0 Å². The fourth-order valence-corrected chi connectivity index (χ4v) is 2.11. The molecule has 1 aromatic carbocycles. The zero-order valence-electron chi connectivity index (χ0n) is 9.78. The molecule has 0 amide bonds. The van der Waals surface area contributed by atoms with E-state index >= 15 is 0 Å². The number of hydrogen-bond donors (Lipinski definition) is 2. The van der Waals surface area contributed by atoms with Gasteiger partial charge in [-0.25, -0.2) is 0 Å². The maximum atomic E-state index is 10.7. The number of benzene rings is 1. The van der Waals surface area contributed by atoms with Gasteiger partial charge in [0.2, 0.25) is 0 Å². The summed E-state index contributed by atoms with van der Waals surface area (Å²) < 4.78 is 0. The molecule has 88 valence electrons. The fourth-order valence-electron chi connectivity index (χ4n) is 1.55. The Labute approximate surface area is 100 Å². The van der Waals surface area contributed by atoms with Crippen molar-refractivity contribution in [2.75, 3.05) is 6.26 Å². The first kappa shape index (κ1) is 13.1. The highest BCUT2D eigenvalue weighted by atomic mass is 32.2. The molecule has 1 aromatic rings. The van der Waals surface area contributed by atoms with Crippen molar-refractivity contribution in [3.8, 4) is 0 Å². The van der Waals surface area contributed by atoms with Crippen LogP contribution in [0.5, 0.6) is 0 Å². The second kappa shape index (κ2) is 5.37. The average molecular weight is 239 g/mol. The largest absolute Gasteiger partial charge is 0.480 e. The zero-order chi connectivity index (χ0) is 12.3. The summed E-state index contributed by atoms with van der Waals surface area (Å²) in [6.45, 7) is 4.04. The number of thioether (sulfide) groups is 1. The minimum atomic E-state index is -0.952. The van der Waals surface area contributed by atoms with Gasteiger partial charge in [-0.05, 0) is 55.3 Å². The van der Waals surface area contributed by atoms with Gasteiger partial charge in [0.15, 0.2) is 0 Å². The topological polar surface area (TPSA) is 63.3 Å². The first-order chi connectivity index (χ1) is 7.45. The van der Waals surface area contributed by atoms with Gasteiger partial charge < -0.3 is 10.8 Å². The average Bonchev–Trinajstić information content (AvgIpc) is 2.24. The van der Waals surface area contributed by atoms with Crippen molar-refractivity contribution in [2.24, 2.45) is 5.73 Å². The van der Waals surface area contributed by atoms with Crippen LogP contribution in [0.2, 0.25) is 0 Å². The van der Waals surface area contributed by atoms with E-state index in [4.69, 9.17) is 10.8 Å². The molecule has 0 saturated carbocycles. The molecular weight excluding hydrogens is 222 g/mol. The molecule has 1 atom stereocenters. The molecule has 0 fully saturated rings. The van der Waals surface area contributed by atoms with Crippen molar-refractivity contribution < 1.29 is 9.90 Å². The van der Waals surface area contributed by atoms with E-state index in [1.165, 1.54) is 5.56 Å².